The standard InChI is InChI=1S/C14H17N3O4/c1-9(18)15-4-5-16-14(21)17-7-11-3-2-10(13(19)20)6-12(11)8-17/h2-3,6H,4-5,7-8H2,1H3,(H,15,18)(H,16,21)(H,19,20). The minimum Gasteiger partial charge on any atom is -0.478 e. The van der Waals surface area contributed by atoms with Crippen LogP contribution >= 0.6 is 0 Å². The molecule has 7 nitrogen and oxygen atoms in total. The number of carbonyl (C=O) groups excluding carboxylic acids is 2. The molecule has 2 rings (SSSR count). The van der Waals surface area contributed by atoms with Gasteiger partial charge in [0.2, 0.25) is 5.91 Å². The number of hydrogen-bond donors (Lipinski definition) is 3. The number of nitrogens with one attached hydrogen (secondary N) is 2. The molecule has 0 unspecified atom stereocenters. The van der Waals surface area contributed by atoms with Crippen LogP contribution in [0.3, 0.4) is 0 Å². The van der Waals surface area contributed by atoms with Crippen LogP contribution in [0.1, 0.15) is 28.4 Å². The normalized spacial score (nSPS) is 12.7. The molecule has 1 aromatic rings. The number of aromatic carboxylic acids is 1. The van der Waals surface area contributed by atoms with Crippen molar-refractivity contribution in [2.45, 2.75) is 20.0 Å². The predicted molar refractivity (Wildman–Crippen MR) is 74.7 cm³/mol. The average molecular weight is 291 g/mol. The van der Waals surface area contributed by atoms with Crippen molar-refractivity contribution < 1.29 is 19.5 Å². The number of rotatable bonds is 4. The maximum atomic E-state index is 12.0. The minimum atomic E-state index is -0.976. The van der Waals surface area contributed by atoms with Crippen molar-refractivity contribution in [1.82, 2.24) is 15.5 Å². The van der Waals surface area contributed by atoms with E-state index in [-0.39, 0.29) is 17.5 Å². The van der Waals surface area contributed by atoms with Crippen LogP contribution in [0.5, 0.6) is 0 Å². The molecule has 0 saturated heterocycles. The van der Waals surface area contributed by atoms with Gasteiger partial charge in [0.05, 0.1) is 5.56 Å². The number of benzene rings is 1. The lowest BCUT2D eigenvalue weighted by atomic mass is 10.1. The van der Waals surface area contributed by atoms with E-state index >= 15 is 0 Å². The van der Waals surface area contributed by atoms with Crippen LogP contribution in [0.15, 0.2) is 18.2 Å². The lowest BCUT2D eigenvalue weighted by Gasteiger charge is -2.16. The highest BCUT2D eigenvalue weighted by Gasteiger charge is 2.23. The number of amides is 3. The molecule has 0 bridgehead atoms. The number of urea groups is 1. The lowest BCUT2D eigenvalue weighted by Crippen LogP contribution is -2.40. The number of carboxylic acid groups (broad SMARTS) is 1. The highest BCUT2D eigenvalue weighted by atomic mass is 16.4. The Kier molecular flexibility index (Phi) is 4.42. The Bertz CT molecular complexity index is 586. The molecule has 0 fully saturated rings. The third-order valence-corrected chi connectivity index (χ3v) is 3.24. The first-order chi connectivity index (χ1) is 9.97. The number of hydrogen-bond acceptors (Lipinski definition) is 3. The molecule has 3 amide bonds. The fourth-order valence-electron chi connectivity index (χ4n) is 2.19. The van der Waals surface area contributed by atoms with Crippen molar-refractivity contribution in [3.63, 3.8) is 0 Å². The van der Waals surface area contributed by atoms with Gasteiger partial charge in [-0.25, -0.2) is 9.59 Å². The SMILES string of the molecule is CC(=O)NCCNC(=O)N1Cc2ccc(C(=O)O)cc2C1. The number of nitrogens with zero attached hydrogens (tertiary/aromatic N) is 1. The van der Waals surface area contributed by atoms with Gasteiger partial charge in [0, 0.05) is 33.1 Å². The smallest absolute Gasteiger partial charge is 0.335 e. The van der Waals surface area contributed by atoms with Crippen LogP contribution in [-0.2, 0) is 17.9 Å². The van der Waals surface area contributed by atoms with Gasteiger partial charge in [-0.15, -0.1) is 0 Å². The summed E-state index contributed by atoms with van der Waals surface area (Å²) in [6, 6.07) is 4.65. The zero-order valence-corrected chi connectivity index (χ0v) is 11.7. The first kappa shape index (κ1) is 14.8. The fraction of sp³-hybridized carbons (Fsp3) is 0.357. The Morgan fingerprint density at radius 1 is 1.14 bits per heavy atom. The Hall–Kier alpha value is -2.57. The summed E-state index contributed by atoms with van der Waals surface area (Å²) >= 11 is 0. The zero-order chi connectivity index (χ0) is 15.4. The lowest BCUT2D eigenvalue weighted by molar-refractivity contribution is -0.118. The van der Waals surface area contributed by atoms with Crippen LogP contribution in [-0.4, -0.2) is 41.0 Å². The highest BCUT2D eigenvalue weighted by molar-refractivity contribution is 5.88. The Labute approximate surface area is 121 Å². The van der Waals surface area contributed by atoms with Gasteiger partial charge in [-0.3, -0.25) is 4.79 Å². The molecule has 7 heteroatoms. The van der Waals surface area contributed by atoms with Gasteiger partial charge >= 0.3 is 12.0 Å². The second-order valence-electron chi connectivity index (χ2n) is 4.86. The van der Waals surface area contributed by atoms with Crippen molar-refractivity contribution in [2.75, 3.05) is 13.1 Å². The third-order valence-electron chi connectivity index (χ3n) is 3.24. The van der Waals surface area contributed by atoms with E-state index in [0.717, 1.165) is 11.1 Å². The van der Waals surface area contributed by atoms with Gasteiger partial charge < -0.3 is 20.6 Å². The van der Waals surface area contributed by atoms with Gasteiger partial charge in [-0.05, 0) is 23.3 Å². The van der Waals surface area contributed by atoms with Gasteiger partial charge in [0.15, 0.2) is 0 Å². The van der Waals surface area contributed by atoms with E-state index in [1.165, 1.54) is 6.92 Å². The molecule has 112 valence electrons. The first-order valence-corrected chi connectivity index (χ1v) is 6.59. The van der Waals surface area contributed by atoms with Crippen molar-refractivity contribution in [3.05, 3.63) is 34.9 Å². The van der Waals surface area contributed by atoms with Crippen LogP contribution in [0.25, 0.3) is 0 Å². The van der Waals surface area contributed by atoms with Crippen LogP contribution < -0.4 is 10.6 Å². The summed E-state index contributed by atoms with van der Waals surface area (Å²) in [5.74, 6) is -1.12. The largest absolute Gasteiger partial charge is 0.478 e. The molecule has 3 N–H and O–H groups in total. The summed E-state index contributed by atoms with van der Waals surface area (Å²) in [4.78, 5) is 35.2. The van der Waals surface area contributed by atoms with Crippen LogP contribution in [0.2, 0.25) is 0 Å². The quantitative estimate of drug-likeness (QED) is 0.705. The van der Waals surface area contributed by atoms with E-state index in [2.05, 4.69) is 10.6 Å². The van der Waals surface area contributed by atoms with E-state index in [1.807, 2.05) is 0 Å². The molecule has 0 atom stereocenters. The van der Waals surface area contributed by atoms with Crippen molar-refractivity contribution in [3.8, 4) is 0 Å². The van der Waals surface area contributed by atoms with E-state index in [4.69, 9.17) is 5.11 Å². The van der Waals surface area contributed by atoms with Crippen molar-refractivity contribution in [1.29, 1.82) is 0 Å². The molecule has 1 aliphatic heterocycles. The van der Waals surface area contributed by atoms with E-state index < -0.39 is 5.97 Å². The minimum absolute atomic E-state index is 0.140. The summed E-state index contributed by atoms with van der Waals surface area (Å²) in [5, 5.41) is 14.3. The topological polar surface area (TPSA) is 98.7 Å². The van der Waals surface area contributed by atoms with Crippen molar-refractivity contribution >= 4 is 17.9 Å². The number of carboxylic acids is 1. The summed E-state index contributed by atoms with van der Waals surface area (Å²) < 4.78 is 0. The molecule has 0 aromatic heterocycles. The van der Waals surface area contributed by atoms with Gasteiger partial charge in [-0.1, -0.05) is 6.07 Å². The average Bonchev–Trinajstić information content (AvgIpc) is 2.85. The molecule has 0 radical (unpaired) electrons. The first-order valence-electron chi connectivity index (χ1n) is 6.59. The van der Waals surface area contributed by atoms with Crippen molar-refractivity contribution in [2.24, 2.45) is 0 Å². The van der Waals surface area contributed by atoms with E-state index in [9.17, 15) is 14.4 Å². The van der Waals surface area contributed by atoms with Crippen LogP contribution in [0, 0.1) is 0 Å². The van der Waals surface area contributed by atoms with E-state index in [0.29, 0.717) is 26.2 Å². The summed E-state index contributed by atoms with van der Waals surface area (Å²) in [6.07, 6.45) is 0. The molecule has 1 heterocycles. The maximum Gasteiger partial charge on any atom is 0.335 e. The summed E-state index contributed by atoms with van der Waals surface area (Å²) in [6.45, 7) is 3.00. The molecule has 0 spiro atoms. The van der Waals surface area contributed by atoms with Gasteiger partial charge in [0.25, 0.3) is 0 Å². The monoisotopic (exact) mass is 291 g/mol. The molecule has 0 saturated carbocycles. The molecular formula is C14H17N3O4. The number of fused-ring (bicyclic) bond motifs is 1. The molecule has 1 aromatic carbocycles. The second kappa shape index (κ2) is 6.25. The maximum absolute atomic E-state index is 12.0. The van der Waals surface area contributed by atoms with Crippen LogP contribution in [0.4, 0.5) is 4.79 Å². The Morgan fingerprint density at radius 2 is 1.81 bits per heavy atom. The number of carbonyl (C=O) groups is 3. The molecule has 21 heavy (non-hydrogen) atoms. The summed E-state index contributed by atoms with van der Waals surface area (Å²) in [5.41, 5.74) is 2.03. The molecule has 0 aliphatic carbocycles. The highest BCUT2D eigenvalue weighted by Crippen LogP contribution is 2.23. The second-order valence-corrected chi connectivity index (χ2v) is 4.86. The molecular weight excluding hydrogens is 274 g/mol. The Morgan fingerprint density at radius 3 is 2.48 bits per heavy atom. The summed E-state index contributed by atoms with van der Waals surface area (Å²) in [7, 11) is 0. The van der Waals surface area contributed by atoms with Gasteiger partial charge in [0.1, 0.15) is 0 Å². The molecule has 1 aliphatic rings. The predicted octanol–water partition coefficient (Wildman–Crippen LogP) is 0.546. The fourth-order valence-corrected chi connectivity index (χ4v) is 2.19. The van der Waals surface area contributed by atoms with Gasteiger partial charge in [-0.2, -0.15) is 0 Å². The van der Waals surface area contributed by atoms with E-state index in [1.54, 1.807) is 23.1 Å². The Balaban J connectivity index is 1.88. The zero-order valence-electron chi connectivity index (χ0n) is 11.7. The third kappa shape index (κ3) is 3.71.